The molecule has 18 heavy (non-hydrogen) atoms. The summed E-state index contributed by atoms with van der Waals surface area (Å²) in [5.74, 6) is 0.945. The molecule has 0 aliphatic rings. The molecule has 98 valence electrons. The first-order chi connectivity index (χ1) is 8.28. The molecule has 0 unspecified atom stereocenters. The lowest BCUT2D eigenvalue weighted by Gasteiger charge is -2.04. The number of aryl methyl sites for hydroxylation is 2. The highest BCUT2D eigenvalue weighted by molar-refractivity contribution is 5.27. The van der Waals surface area contributed by atoms with E-state index in [0.29, 0.717) is 6.61 Å². The molecule has 0 saturated carbocycles. The quantitative estimate of drug-likeness (QED) is 0.505. The van der Waals surface area contributed by atoms with Crippen LogP contribution in [-0.2, 0) is 13.1 Å². The number of hydrogen-bond acceptors (Lipinski definition) is 1. The van der Waals surface area contributed by atoms with E-state index in [4.69, 9.17) is 4.74 Å². The Morgan fingerprint density at radius 2 is 2.17 bits per heavy atom. The summed E-state index contributed by atoms with van der Waals surface area (Å²) < 4.78 is 9.99. The first-order valence-corrected chi connectivity index (χ1v) is 6.02. The Hall–Kier alpha value is -1.04. The minimum atomic E-state index is 0. The van der Waals surface area contributed by atoms with E-state index in [0.717, 1.165) is 18.8 Å². The first kappa shape index (κ1) is 15.0. The fourth-order valence-corrected chi connectivity index (χ4v) is 1.73. The molecule has 0 aliphatic heterocycles. The third-order valence-electron chi connectivity index (χ3n) is 2.72. The van der Waals surface area contributed by atoms with Crippen LogP contribution in [0.3, 0.4) is 0 Å². The van der Waals surface area contributed by atoms with Gasteiger partial charge >= 0.3 is 0 Å². The Bertz CT molecular complexity index is 482. The summed E-state index contributed by atoms with van der Waals surface area (Å²) in [5, 5.41) is 0. The molecule has 1 heterocycles. The Morgan fingerprint density at radius 3 is 2.83 bits per heavy atom. The summed E-state index contributed by atoms with van der Waals surface area (Å²) in [6.45, 7) is 6.78. The molecule has 3 nitrogen and oxygen atoms in total. The minimum absolute atomic E-state index is 0. The summed E-state index contributed by atoms with van der Waals surface area (Å²) in [5.41, 5.74) is 1.23. The van der Waals surface area contributed by atoms with Crippen LogP contribution >= 0.6 is 0 Å². The Balaban J connectivity index is 0.00000162. The number of ether oxygens (including phenoxy) is 1. The summed E-state index contributed by atoms with van der Waals surface area (Å²) in [7, 11) is 0. The number of nitrogens with zero attached hydrogens (tertiary/aromatic N) is 2. The summed E-state index contributed by atoms with van der Waals surface area (Å²) >= 11 is 0. The fraction of sp³-hybridized carbons (Fsp3) is 0.357. The van der Waals surface area contributed by atoms with E-state index in [1.165, 1.54) is 5.56 Å². The fourth-order valence-electron chi connectivity index (χ4n) is 1.73. The number of imidazole rings is 1. The lowest BCUT2D eigenvalue weighted by Crippen LogP contribution is -3.00. The van der Waals surface area contributed by atoms with Gasteiger partial charge in [0, 0.05) is 0 Å². The maximum Gasteiger partial charge on any atom is 0.243 e. The highest BCUT2D eigenvalue weighted by Crippen LogP contribution is 2.11. The average molecular weight is 358 g/mol. The number of benzene rings is 1. The van der Waals surface area contributed by atoms with Crippen molar-refractivity contribution in [2.75, 3.05) is 6.61 Å². The highest BCUT2D eigenvalue weighted by atomic mass is 127. The largest absolute Gasteiger partial charge is 1.00 e. The van der Waals surface area contributed by atoms with Gasteiger partial charge in [-0.3, -0.25) is 0 Å². The average Bonchev–Trinajstić information content (AvgIpc) is 2.77. The van der Waals surface area contributed by atoms with Crippen LogP contribution < -0.4 is 33.3 Å². The maximum absolute atomic E-state index is 5.70. The second-order valence-corrected chi connectivity index (χ2v) is 4.15. The van der Waals surface area contributed by atoms with Crippen LogP contribution in [0.25, 0.3) is 0 Å². The van der Waals surface area contributed by atoms with Gasteiger partial charge < -0.3 is 28.7 Å². The molecule has 0 amide bonds. The van der Waals surface area contributed by atoms with E-state index in [1.807, 2.05) is 12.1 Å². The number of hydrogen-bond donors (Lipinski definition) is 0. The second-order valence-electron chi connectivity index (χ2n) is 4.15. The molecule has 0 N–H and O–H groups in total. The Kier molecular flexibility index (Phi) is 6.18. The van der Waals surface area contributed by atoms with Crippen molar-refractivity contribution in [3.05, 3.63) is 48.5 Å². The smallest absolute Gasteiger partial charge is 0.243 e. The molecule has 2 aromatic rings. The third-order valence-corrected chi connectivity index (χ3v) is 2.72. The second kappa shape index (κ2) is 7.41. The van der Waals surface area contributed by atoms with Crippen molar-refractivity contribution in [2.24, 2.45) is 0 Å². The van der Waals surface area contributed by atoms with Crippen LogP contribution in [0.1, 0.15) is 12.5 Å². The van der Waals surface area contributed by atoms with E-state index in [1.54, 1.807) is 0 Å². The molecule has 2 rings (SSSR count). The van der Waals surface area contributed by atoms with Gasteiger partial charge in [0.2, 0.25) is 6.33 Å². The van der Waals surface area contributed by atoms with E-state index < -0.39 is 0 Å². The number of rotatable bonds is 5. The van der Waals surface area contributed by atoms with Gasteiger partial charge in [-0.05, 0) is 31.5 Å². The molecule has 4 heteroatoms. The number of halogens is 1. The van der Waals surface area contributed by atoms with Gasteiger partial charge in [-0.25, -0.2) is 9.13 Å². The molecular weight excluding hydrogens is 339 g/mol. The molecule has 0 atom stereocenters. The molecule has 0 spiro atoms. The van der Waals surface area contributed by atoms with Crippen LogP contribution in [0.5, 0.6) is 5.75 Å². The Morgan fingerprint density at radius 1 is 1.33 bits per heavy atom. The maximum atomic E-state index is 5.70. The Labute approximate surface area is 125 Å². The van der Waals surface area contributed by atoms with Gasteiger partial charge in [-0.15, -0.1) is 0 Å². The van der Waals surface area contributed by atoms with E-state index >= 15 is 0 Å². The zero-order valence-electron chi connectivity index (χ0n) is 10.8. The van der Waals surface area contributed by atoms with E-state index in [2.05, 4.69) is 53.8 Å². The summed E-state index contributed by atoms with van der Waals surface area (Å²) in [6.07, 6.45) is 6.25. The monoisotopic (exact) mass is 358 g/mol. The molecule has 0 radical (unpaired) electrons. The van der Waals surface area contributed by atoms with Gasteiger partial charge in [-0.2, -0.15) is 0 Å². The van der Waals surface area contributed by atoms with Crippen LogP contribution in [0.4, 0.5) is 0 Å². The van der Waals surface area contributed by atoms with Crippen LogP contribution in [0.15, 0.2) is 43.0 Å². The summed E-state index contributed by atoms with van der Waals surface area (Å²) in [6, 6.07) is 8.14. The predicted octanol–water partition coefficient (Wildman–Crippen LogP) is -0.813. The molecule has 0 aliphatic carbocycles. The van der Waals surface area contributed by atoms with E-state index in [-0.39, 0.29) is 24.0 Å². The third kappa shape index (κ3) is 4.33. The predicted molar refractivity (Wildman–Crippen MR) is 67.0 cm³/mol. The van der Waals surface area contributed by atoms with E-state index in [9.17, 15) is 0 Å². The number of aromatic nitrogens is 2. The zero-order valence-corrected chi connectivity index (χ0v) is 13.0. The topological polar surface area (TPSA) is 18.0 Å². The lowest BCUT2D eigenvalue weighted by molar-refractivity contribution is -0.697. The van der Waals surface area contributed by atoms with Crippen molar-refractivity contribution in [3.63, 3.8) is 0 Å². The lowest BCUT2D eigenvalue weighted by atomic mass is 10.2. The van der Waals surface area contributed by atoms with Gasteiger partial charge in [0.05, 0.1) is 6.54 Å². The van der Waals surface area contributed by atoms with Gasteiger partial charge in [-0.1, -0.05) is 12.1 Å². The van der Waals surface area contributed by atoms with Crippen molar-refractivity contribution >= 4 is 0 Å². The molecule has 1 aromatic carbocycles. The molecule has 0 fully saturated rings. The normalized spacial score (nSPS) is 9.89. The molecule has 0 bridgehead atoms. The molecular formula is C14H19IN2O. The highest BCUT2D eigenvalue weighted by Gasteiger charge is 2.01. The zero-order chi connectivity index (χ0) is 12.1. The SMILES string of the molecule is CCn1cc[n+](CCOc2cccc(C)c2)c1.[I-]. The minimum Gasteiger partial charge on any atom is -1.00 e. The molecule has 1 aromatic heterocycles. The van der Waals surface area contributed by atoms with Gasteiger partial charge in [0.1, 0.15) is 31.3 Å². The van der Waals surface area contributed by atoms with Crippen molar-refractivity contribution in [2.45, 2.75) is 26.9 Å². The van der Waals surface area contributed by atoms with Crippen molar-refractivity contribution in [1.82, 2.24) is 4.57 Å². The van der Waals surface area contributed by atoms with Gasteiger partial charge in [0.15, 0.2) is 0 Å². The van der Waals surface area contributed by atoms with Crippen LogP contribution in [-0.4, -0.2) is 11.2 Å². The van der Waals surface area contributed by atoms with Gasteiger partial charge in [0.25, 0.3) is 0 Å². The standard InChI is InChI=1S/C14H19N2O.HI/c1-3-15-7-8-16(12-15)9-10-17-14-6-4-5-13(2)11-14;/h4-8,11-12H,3,9-10H2,1-2H3;1H/q+1;/p-1. The molecule has 0 saturated heterocycles. The van der Waals surface area contributed by atoms with Crippen molar-refractivity contribution in [1.29, 1.82) is 0 Å². The van der Waals surface area contributed by atoms with Crippen molar-refractivity contribution in [3.8, 4) is 5.75 Å². The van der Waals surface area contributed by atoms with Crippen LogP contribution in [0, 0.1) is 6.92 Å². The summed E-state index contributed by atoms with van der Waals surface area (Å²) in [4.78, 5) is 0. The van der Waals surface area contributed by atoms with Crippen molar-refractivity contribution < 1.29 is 33.3 Å². The first-order valence-electron chi connectivity index (χ1n) is 6.02. The van der Waals surface area contributed by atoms with Crippen LogP contribution in [0.2, 0.25) is 0 Å².